The molecule has 2 N–H and O–H groups in total. The number of hydrogen-bond acceptors (Lipinski definition) is 4. The van der Waals surface area contributed by atoms with E-state index < -0.39 is 0 Å². The topological polar surface area (TPSA) is 51.4 Å². The van der Waals surface area contributed by atoms with Gasteiger partial charge in [0.2, 0.25) is 0 Å². The van der Waals surface area contributed by atoms with Crippen LogP contribution in [-0.4, -0.2) is 42.2 Å². The number of nitrogens with two attached hydrogens (primary N) is 1. The van der Waals surface area contributed by atoms with E-state index in [0.717, 1.165) is 32.6 Å². The van der Waals surface area contributed by atoms with Crippen molar-refractivity contribution in [2.24, 2.45) is 5.73 Å². The second kappa shape index (κ2) is 5.58. The maximum Gasteiger partial charge on any atom is 0.0484 e. The molecule has 1 aliphatic heterocycles. The molecule has 0 saturated carbocycles. The minimum absolute atomic E-state index is 0.0914. The molecule has 4 nitrogen and oxygen atoms in total. The van der Waals surface area contributed by atoms with Crippen LogP contribution in [0.4, 0.5) is 0 Å². The summed E-state index contributed by atoms with van der Waals surface area (Å²) < 4.78 is 5.43. The molecule has 2 rings (SSSR count). The molecular weight excluding hydrogens is 214 g/mol. The molecule has 0 aliphatic carbocycles. The van der Waals surface area contributed by atoms with Crippen molar-refractivity contribution in [2.75, 3.05) is 26.8 Å². The molecule has 4 heteroatoms. The summed E-state index contributed by atoms with van der Waals surface area (Å²) in [6.45, 7) is 3.21. The molecule has 1 saturated heterocycles. The molecule has 0 aromatic carbocycles. The van der Waals surface area contributed by atoms with E-state index in [1.54, 1.807) is 6.20 Å². The highest BCUT2D eigenvalue weighted by Crippen LogP contribution is 2.27. The molecule has 17 heavy (non-hydrogen) atoms. The van der Waals surface area contributed by atoms with E-state index in [-0.39, 0.29) is 5.54 Å². The van der Waals surface area contributed by atoms with Crippen LogP contribution in [0.5, 0.6) is 0 Å². The Morgan fingerprint density at radius 3 is 2.82 bits per heavy atom. The van der Waals surface area contributed by atoms with Crippen molar-refractivity contribution in [1.29, 1.82) is 0 Å². The van der Waals surface area contributed by atoms with E-state index in [0.29, 0.717) is 6.54 Å². The number of pyridine rings is 1. The fourth-order valence-corrected chi connectivity index (χ4v) is 2.43. The zero-order valence-electron chi connectivity index (χ0n) is 10.4. The van der Waals surface area contributed by atoms with Gasteiger partial charge >= 0.3 is 0 Å². The number of hydrogen-bond donors (Lipinski definition) is 1. The quantitative estimate of drug-likeness (QED) is 0.846. The van der Waals surface area contributed by atoms with Crippen molar-refractivity contribution in [2.45, 2.75) is 24.9 Å². The van der Waals surface area contributed by atoms with Gasteiger partial charge in [-0.05, 0) is 31.5 Å². The molecule has 0 atom stereocenters. The van der Waals surface area contributed by atoms with Gasteiger partial charge < -0.3 is 10.5 Å². The van der Waals surface area contributed by atoms with Gasteiger partial charge in [-0.2, -0.15) is 0 Å². The number of likely N-dealkylation sites (N-methyl/N-ethyl adjacent to an activating group) is 1. The molecule has 1 aromatic rings. The fraction of sp³-hybridized carbons (Fsp3) is 0.615. The maximum atomic E-state index is 5.98. The van der Waals surface area contributed by atoms with Gasteiger partial charge in [-0.1, -0.05) is 6.07 Å². The second-order valence-corrected chi connectivity index (χ2v) is 4.76. The predicted octanol–water partition coefficient (Wildman–Crippen LogP) is 1.02. The number of nitrogens with zero attached hydrogens (tertiary/aromatic N) is 2. The average Bonchev–Trinajstić information content (AvgIpc) is 2.40. The standard InChI is InChI=1S/C13H21N3O/c1-16(10-12-3-2-6-15-9-12)13(11-14)4-7-17-8-5-13/h2-3,6,9H,4-5,7-8,10-11,14H2,1H3. The van der Waals surface area contributed by atoms with Crippen molar-refractivity contribution < 1.29 is 4.74 Å². The summed E-state index contributed by atoms with van der Waals surface area (Å²) in [7, 11) is 2.14. The zero-order valence-corrected chi connectivity index (χ0v) is 10.4. The largest absolute Gasteiger partial charge is 0.381 e. The molecule has 1 fully saturated rings. The Morgan fingerprint density at radius 2 is 2.24 bits per heavy atom. The summed E-state index contributed by atoms with van der Waals surface area (Å²) in [6.07, 6.45) is 5.75. The lowest BCUT2D eigenvalue weighted by Crippen LogP contribution is -2.54. The highest BCUT2D eigenvalue weighted by molar-refractivity contribution is 5.09. The lowest BCUT2D eigenvalue weighted by molar-refractivity contribution is -0.0163. The van der Waals surface area contributed by atoms with Gasteiger partial charge in [0.1, 0.15) is 0 Å². The van der Waals surface area contributed by atoms with Gasteiger partial charge in [-0.3, -0.25) is 9.88 Å². The van der Waals surface area contributed by atoms with E-state index >= 15 is 0 Å². The second-order valence-electron chi connectivity index (χ2n) is 4.76. The van der Waals surface area contributed by atoms with Crippen LogP contribution in [0.3, 0.4) is 0 Å². The van der Waals surface area contributed by atoms with Crippen LogP contribution >= 0.6 is 0 Å². The molecular formula is C13H21N3O. The Morgan fingerprint density at radius 1 is 1.47 bits per heavy atom. The van der Waals surface area contributed by atoms with Crippen LogP contribution in [0.1, 0.15) is 18.4 Å². The van der Waals surface area contributed by atoms with Crippen LogP contribution < -0.4 is 5.73 Å². The number of aromatic nitrogens is 1. The molecule has 0 spiro atoms. The molecule has 1 aliphatic rings. The van der Waals surface area contributed by atoms with Gasteiger partial charge in [-0.25, -0.2) is 0 Å². The highest BCUT2D eigenvalue weighted by Gasteiger charge is 2.35. The first kappa shape index (κ1) is 12.5. The molecule has 0 bridgehead atoms. The monoisotopic (exact) mass is 235 g/mol. The van der Waals surface area contributed by atoms with Gasteiger partial charge in [0, 0.05) is 44.2 Å². The van der Waals surface area contributed by atoms with Crippen molar-refractivity contribution >= 4 is 0 Å². The van der Waals surface area contributed by atoms with Crippen LogP contribution in [0.2, 0.25) is 0 Å². The van der Waals surface area contributed by atoms with E-state index in [9.17, 15) is 0 Å². The normalized spacial score (nSPS) is 19.5. The molecule has 0 amide bonds. The van der Waals surface area contributed by atoms with Crippen LogP contribution in [0.25, 0.3) is 0 Å². The summed E-state index contributed by atoms with van der Waals surface area (Å²) in [5.41, 5.74) is 7.30. The fourth-order valence-electron chi connectivity index (χ4n) is 2.43. The number of rotatable bonds is 4. The van der Waals surface area contributed by atoms with Gasteiger partial charge in [0.15, 0.2) is 0 Å². The third kappa shape index (κ3) is 2.83. The molecule has 0 unspecified atom stereocenters. The van der Waals surface area contributed by atoms with E-state index in [2.05, 4.69) is 23.0 Å². The van der Waals surface area contributed by atoms with Crippen LogP contribution in [-0.2, 0) is 11.3 Å². The summed E-state index contributed by atoms with van der Waals surface area (Å²) in [6, 6.07) is 4.08. The lowest BCUT2D eigenvalue weighted by atomic mass is 9.88. The first-order chi connectivity index (χ1) is 8.27. The Balaban J connectivity index is 2.04. The van der Waals surface area contributed by atoms with Crippen LogP contribution in [0, 0.1) is 0 Å². The van der Waals surface area contributed by atoms with E-state index in [1.165, 1.54) is 5.56 Å². The van der Waals surface area contributed by atoms with Crippen molar-refractivity contribution in [3.05, 3.63) is 30.1 Å². The first-order valence-corrected chi connectivity index (χ1v) is 6.15. The Hall–Kier alpha value is -0.970. The Kier molecular flexibility index (Phi) is 4.10. The highest BCUT2D eigenvalue weighted by atomic mass is 16.5. The molecule has 2 heterocycles. The summed E-state index contributed by atoms with van der Waals surface area (Å²) in [5.74, 6) is 0. The minimum atomic E-state index is 0.0914. The zero-order chi connectivity index (χ0) is 12.1. The summed E-state index contributed by atoms with van der Waals surface area (Å²) in [5, 5.41) is 0. The third-order valence-corrected chi connectivity index (χ3v) is 3.76. The van der Waals surface area contributed by atoms with Crippen molar-refractivity contribution in [3.63, 3.8) is 0 Å². The number of ether oxygens (including phenoxy) is 1. The summed E-state index contributed by atoms with van der Waals surface area (Å²) >= 11 is 0. The van der Waals surface area contributed by atoms with E-state index in [1.807, 2.05) is 12.3 Å². The van der Waals surface area contributed by atoms with Crippen molar-refractivity contribution in [1.82, 2.24) is 9.88 Å². The van der Waals surface area contributed by atoms with Gasteiger partial charge in [-0.15, -0.1) is 0 Å². The average molecular weight is 235 g/mol. The molecule has 94 valence electrons. The van der Waals surface area contributed by atoms with Crippen LogP contribution in [0.15, 0.2) is 24.5 Å². The van der Waals surface area contributed by atoms with Crippen molar-refractivity contribution in [3.8, 4) is 0 Å². The predicted molar refractivity (Wildman–Crippen MR) is 67.5 cm³/mol. The maximum absolute atomic E-state index is 5.98. The third-order valence-electron chi connectivity index (χ3n) is 3.76. The SMILES string of the molecule is CN(Cc1cccnc1)C1(CN)CCOCC1. The Labute approximate surface area is 103 Å². The Bertz CT molecular complexity index is 336. The lowest BCUT2D eigenvalue weighted by Gasteiger charge is -2.43. The van der Waals surface area contributed by atoms with E-state index in [4.69, 9.17) is 10.5 Å². The minimum Gasteiger partial charge on any atom is -0.381 e. The smallest absolute Gasteiger partial charge is 0.0484 e. The van der Waals surface area contributed by atoms with Gasteiger partial charge in [0.05, 0.1) is 0 Å². The molecule has 1 aromatic heterocycles. The van der Waals surface area contributed by atoms with Gasteiger partial charge in [0.25, 0.3) is 0 Å². The molecule has 0 radical (unpaired) electrons. The summed E-state index contributed by atoms with van der Waals surface area (Å²) in [4.78, 5) is 6.50. The first-order valence-electron chi connectivity index (χ1n) is 6.15.